The summed E-state index contributed by atoms with van der Waals surface area (Å²) in [4.78, 5) is 10.6. The van der Waals surface area contributed by atoms with Gasteiger partial charge in [0.1, 0.15) is 0 Å². The first kappa shape index (κ1) is 13.9. The summed E-state index contributed by atoms with van der Waals surface area (Å²) in [6.07, 6.45) is 7.48. The summed E-state index contributed by atoms with van der Waals surface area (Å²) < 4.78 is 0. The van der Waals surface area contributed by atoms with Crippen LogP contribution >= 0.6 is 0 Å². The van der Waals surface area contributed by atoms with Gasteiger partial charge >= 0.3 is 5.97 Å². The number of aliphatic carboxylic acids is 1. The van der Waals surface area contributed by atoms with E-state index in [4.69, 9.17) is 5.11 Å². The minimum Gasteiger partial charge on any atom is -0.478 e. The zero-order valence-electron chi connectivity index (χ0n) is 10.2. The molecule has 0 saturated carbocycles. The number of hydrogen-bond donors (Lipinski definition) is 1. The Labute approximate surface area is 92.7 Å². The molecule has 1 unspecified atom stereocenters. The lowest BCUT2D eigenvalue weighted by molar-refractivity contribution is -0.132. The van der Waals surface area contributed by atoms with E-state index in [0.717, 1.165) is 5.57 Å². The Balaban J connectivity index is 4.30. The van der Waals surface area contributed by atoms with E-state index in [0.29, 0.717) is 11.5 Å². The molecule has 1 atom stereocenters. The SMILES string of the molecule is CCCCC(C)/C=C(C)/C=C(\C)C(=O)O. The molecule has 86 valence electrons. The molecule has 0 amide bonds. The third-order valence-corrected chi connectivity index (χ3v) is 2.34. The van der Waals surface area contributed by atoms with E-state index in [2.05, 4.69) is 19.9 Å². The number of hydrogen-bond acceptors (Lipinski definition) is 1. The summed E-state index contributed by atoms with van der Waals surface area (Å²) in [7, 11) is 0. The summed E-state index contributed by atoms with van der Waals surface area (Å²) >= 11 is 0. The van der Waals surface area contributed by atoms with Gasteiger partial charge in [-0.3, -0.25) is 0 Å². The molecule has 0 aromatic carbocycles. The predicted octanol–water partition coefficient (Wildman–Crippen LogP) is 3.79. The molecule has 0 aromatic rings. The monoisotopic (exact) mass is 210 g/mol. The molecule has 2 heteroatoms. The van der Waals surface area contributed by atoms with Gasteiger partial charge in [-0.1, -0.05) is 38.3 Å². The fraction of sp³-hybridized carbons (Fsp3) is 0.615. The lowest BCUT2D eigenvalue weighted by Crippen LogP contribution is -1.96. The van der Waals surface area contributed by atoms with E-state index in [1.807, 2.05) is 6.92 Å². The van der Waals surface area contributed by atoms with Crippen molar-refractivity contribution < 1.29 is 9.90 Å². The topological polar surface area (TPSA) is 37.3 Å². The highest BCUT2D eigenvalue weighted by molar-refractivity contribution is 5.86. The second-order valence-electron chi connectivity index (χ2n) is 4.16. The van der Waals surface area contributed by atoms with Crippen LogP contribution in [0.25, 0.3) is 0 Å². The van der Waals surface area contributed by atoms with Crippen LogP contribution in [-0.4, -0.2) is 11.1 Å². The highest BCUT2D eigenvalue weighted by Crippen LogP contribution is 2.13. The normalized spacial score (nSPS) is 15.2. The number of unbranched alkanes of at least 4 members (excludes halogenated alkanes) is 1. The minimum atomic E-state index is -0.844. The Morgan fingerprint density at radius 2 is 2.00 bits per heavy atom. The average molecular weight is 210 g/mol. The number of carboxylic acid groups (broad SMARTS) is 1. The zero-order valence-corrected chi connectivity index (χ0v) is 10.2. The van der Waals surface area contributed by atoms with E-state index in [-0.39, 0.29) is 0 Å². The van der Waals surface area contributed by atoms with Gasteiger partial charge in [-0.05, 0) is 32.3 Å². The summed E-state index contributed by atoms with van der Waals surface area (Å²) in [5.41, 5.74) is 1.44. The summed E-state index contributed by atoms with van der Waals surface area (Å²) in [6, 6.07) is 0. The van der Waals surface area contributed by atoms with Crippen molar-refractivity contribution in [1.82, 2.24) is 0 Å². The Morgan fingerprint density at radius 3 is 2.47 bits per heavy atom. The molecule has 0 aliphatic heterocycles. The third kappa shape index (κ3) is 6.95. The molecular formula is C13H22O2. The highest BCUT2D eigenvalue weighted by Gasteiger charge is 2.01. The van der Waals surface area contributed by atoms with Crippen LogP contribution < -0.4 is 0 Å². The zero-order chi connectivity index (χ0) is 11.8. The fourth-order valence-electron chi connectivity index (χ4n) is 1.51. The molecule has 0 heterocycles. The third-order valence-electron chi connectivity index (χ3n) is 2.34. The Hall–Kier alpha value is -1.05. The van der Waals surface area contributed by atoms with Gasteiger partial charge in [0.15, 0.2) is 0 Å². The summed E-state index contributed by atoms with van der Waals surface area (Å²) in [5.74, 6) is -0.313. The molecule has 15 heavy (non-hydrogen) atoms. The van der Waals surface area contributed by atoms with Crippen LogP contribution in [0.2, 0.25) is 0 Å². The smallest absolute Gasteiger partial charge is 0.331 e. The van der Waals surface area contributed by atoms with Gasteiger partial charge in [-0.25, -0.2) is 4.79 Å². The number of carbonyl (C=O) groups is 1. The first-order valence-corrected chi connectivity index (χ1v) is 5.57. The molecule has 2 nitrogen and oxygen atoms in total. The van der Waals surface area contributed by atoms with Gasteiger partial charge in [-0.2, -0.15) is 0 Å². The molecule has 1 N–H and O–H groups in total. The van der Waals surface area contributed by atoms with Gasteiger partial charge < -0.3 is 5.11 Å². The van der Waals surface area contributed by atoms with Gasteiger partial charge in [0, 0.05) is 5.57 Å². The highest BCUT2D eigenvalue weighted by atomic mass is 16.4. The molecule has 0 aliphatic rings. The summed E-state index contributed by atoms with van der Waals surface area (Å²) in [5, 5.41) is 8.71. The number of carboxylic acids is 1. The largest absolute Gasteiger partial charge is 0.478 e. The lowest BCUT2D eigenvalue weighted by atomic mass is 10.0. The lowest BCUT2D eigenvalue weighted by Gasteiger charge is -2.05. The van der Waals surface area contributed by atoms with Gasteiger partial charge in [0.2, 0.25) is 0 Å². The molecule has 0 aliphatic carbocycles. The maximum Gasteiger partial charge on any atom is 0.331 e. The predicted molar refractivity (Wildman–Crippen MR) is 63.8 cm³/mol. The van der Waals surface area contributed by atoms with Crippen LogP contribution in [0.3, 0.4) is 0 Å². The van der Waals surface area contributed by atoms with Gasteiger partial charge in [0.25, 0.3) is 0 Å². The molecule has 0 rings (SSSR count). The van der Waals surface area contributed by atoms with Crippen molar-refractivity contribution in [3.63, 3.8) is 0 Å². The van der Waals surface area contributed by atoms with Crippen LogP contribution in [0.5, 0.6) is 0 Å². The number of allylic oxidation sites excluding steroid dienone is 3. The molecule has 0 radical (unpaired) electrons. The van der Waals surface area contributed by atoms with Crippen LogP contribution in [0.1, 0.15) is 47.0 Å². The minimum absolute atomic E-state index is 0.395. The van der Waals surface area contributed by atoms with Crippen molar-refractivity contribution in [1.29, 1.82) is 0 Å². The second kappa shape index (κ2) is 7.27. The quantitative estimate of drug-likeness (QED) is 0.535. The van der Waals surface area contributed by atoms with Crippen molar-refractivity contribution in [2.45, 2.75) is 47.0 Å². The van der Waals surface area contributed by atoms with Crippen LogP contribution in [0.15, 0.2) is 23.3 Å². The van der Waals surface area contributed by atoms with E-state index in [1.54, 1.807) is 13.0 Å². The fourth-order valence-corrected chi connectivity index (χ4v) is 1.51. The van der Waals surface area contributed by atoms with E-state index >= 15 is 0 Å². The summed E-state index contributed by atoms with van der Waals surface area (Å²) in [6.45, 7) is 7.92. The standard InChI is InChI=1S/C13H22O2/c1-5-6-7-10(2)8-11(3)9-12(4)13(14)15/h8-10H,5-7H2,1-4H3,(H,14,15)/b11-8+,12-9+. The molecule has 0 bridgehead atoms. The Morgan fingerprint density at radius 1 is 1.40 bits per heavy atom. The van der Waals surface area contributed by atoms with Gasteiger partial charge in [0.05, 0.1) is 0 Å². The molecule has 0 fully saturated rings. The van der Waals surface area contributed by atoms with Crippen molar-refractivity contribution in [3.8, 4) is 0 Å². The molecule has 0 aromatic heterocycles. The average Bonchev–Trinajstić information content (AvgIpc) is 2.14. The molecule has 0 spiro atoms. The Bertz CT molecular complexity index is 262. The number of rotatable bonds is 6. The maximum absolute atomic E-state index is 10.6. The maximum atomic E-state index is 10.6. The van der Waals surface area contributed by atoms with E-state index in [9.17, 15) is 4.79 Å². The van der Waals surface area contributed by atoms with Crippen LogP contribution in [0.4, 0.5) is 0 Å². The van der Waals surface area contributed by atoms with Crippen LogP contribution in [0, 0.1) is 5.92 Å². The van der Waals surface area contributed by atoms with Gasteiger partial charge in [-0.15, -0.1) is 0 Å². The van der Waals surface area contributed by atoms with Crippen molar-refractivity contribution in [2.75, 3.05) is 0 Å². The van der Waals surface area contributed by atoms with Crippen molar-refractivity contribution >= 4 is 5.97 Å². The molecular weight excluding hydrogens is 188 g/mol. The van der Waals surface area contributed by atoms with E-state index < -0.39 is 5.97 Å². The van der Waals surface area contributed by atoms with Crippen molar-refractivity contribution in [3.05, 3.63) is 23.3 Å². The van der Waals surface area contributed by atoms with E-state index in [1.165, 1.54) is 19.3 Å². The first-order chi connectivity index (χ1) is 6.97. The Kier molecular flexibility index (Phi) is 6.76. The first-order valence-electron chi connectivity index (χ1n) is 5.57. The molecule has 0 saturated heterocycles. The van der Waals surface area contributed by atoms with Crippen molar-refractivity contribution in [2.24, 2.45) is 5.92 Å². The van der Waals surface area contributed by atoms with Crippen LogP contribution in [-0.2, 0) is 4.79 Å². The second-order valence-corrected chi connectivity index (χ2v) is 4.16.